The fourth-order valence-corrected chi connectivity index (χ4v) is 3.22. The van der Waals surface area contributed by atoms with Crippen LogP contribution in [0.25, 0.3) is 0 Å². The molecular weight excluding hydrogens is 309 g/mol. The molecule has 1 aliphatic rings. The minimum Gasteiger partial charge on any atom is -0.481 e. The molecule has 0 saturated heterocycles. The topological polar surface area (TPSA) is 124 Å². The maximum atomic E-state index is 12.2. The highest BCUT2D eigenvalue weighted by Gasteiger charge is 2.45. The summed E-state index contributed by atoms with van der Waals surface area (Å²) in [4.78, 5) is 41.2. The van der Waals surface area contributed by atoms with Gasteiger partial charge < -0.3 is 20.2 Å². The molecule has 0 radical (unpaired) electrons. The summed E-state index contributed by atoms with van der Waals surface area (Å²) in [6.07, 6.45) is -0.00450. The monoisotopic (exact) mass is 327 g/mol. The maximum absolute atomic E-state index is 12.2. The van der Waals surface area contributed by atoms with Gasteiger partial charge in [0.05, 0.1) is 18.0 Å². The number of carbonyl (C=O) groups is 2. The Bertz CT molecular complexity index is 599. The SMILES string of the molecule is O=C(NC1CC1C(=O)O)C(Cc1ccccc1)CP(=O)(O)O. The quantitative estimate of drug-likeness (QED) is 0.544. The fraction of sp³-hybridized carbons (Fsp3) is 0.429. The van der Waals surface area contributed by atoms with Crippen molar-refractivity contribution in [2.75, 3.05) is 6.16 Å². The predicted molar refractivity (Wildman–Crippen MR) is 78.2 cm³/mol. The zero-order chi connectivity index (χ0) is 16.3. The number of benzene rings is 1. The summed E-state index contributed by atoms with van der Waals surface area (Å²) < 4.78 is 11.2. The Morgan fingerprint density at radius 2 is 1.91 bits per heavy atom. The highest BCUT2D eigenvalue weighted by atomic mass is 31.2. The van der Waals surface area contributed by atoms with E-state index in [0.717, 1.165) is 5.56 Å². The molecule has 4 N–H and O–H groups in total. The van der Waals surface area contributed by atoms with Crippen LogP contribution in [0.1, 0.15) is 12.0 Å². The lowest BCUT2D eigenvalue weighted by molar-refractivity contribution is -0.138. The molecule has 0 aliphatic heterocycles. The van der Waals surface area contributed by atoms with Gasteiger partial charge in [-0.1, -0.05) is 30.3 Å². The molecule has 0 heterocycles. The van der Waals surface area contributed by atoms with E-state index in [-0.39, 0.29) is 6.42 Å². The van der Waals surface area contributed by atoms with Crippen LogP contribution < -0.4 is 5.32 Å². The average Bonchev–Trinajstić information content (AvgIpc) is 3.17. The number of carboxylic acid groups (broad SMARTS) is 1. The van der Waals surface area contributed by atoms with Crippen molar-refractivity contribution in [3.05, 3.63) is 35.9 Å². The normalized spacial score (nSPS) is 21.9. The molecule has 1 aromatic rings. The Morgan fingerprint density at radius 1 is 1.27 bits per heavy atom. The number of rotatable bonds is 7. The van der Waals surface area contributed by atoms with E-state index in [1.165, 1.54) is 0 Å². The number of hydrogen-bond acceptors (Lipinski definition) is 3. The van der Waals surface area contributed by atoms with Crippen LogP contribution >= 0.6 is 7.60 Å². The predicted octanol–water partition coefficient (Wildman–Crippen LogP) is 0.612. The number of aliphatic carboxylic acids is 1. The Morgan fingerprint density at radius 3 is 2.41 bits per heavy atom. The van der Waals surface area contributed by atoms with E-state index >= 15 is 0 Å². The van der Waals surface area contributed by atoms with Gasteiger partial charge >= 0.3 is 13.6 Å². The first kappa shape index (κ1) is 16.7. The van der Waals surface area contributed by atoms with Gasteiger partial charge in [-0.3, -0.25) is 14.2 Å². The summed E-state index contributed by atoms with van der Waals surface area (Å²) in [7, 11) is -4.35. The van der Waals surface area contributed by atoms with E-state index in [2.05, 4.69) is 5.32 Å². The highest BCUT2D eigenvalue weighted by molar-refractivity contribution is 7.51. The van der Waals surface area contributed by atoms with Crippen LogP contribution in [0.2, 0.25) is 0 Å². The van der Waals surface area contributed by atoms with Crippen LogP contribution in [0.15, 0.2) is 30.3 Å². The minimum absolute atomic E-state index is 0.197. The van der Waals surface area contributed by atoms with Gasteiger partial charge in [0.1, 0.15) is 0 Å². The van der Waals surface area contributed by atoms with Crippen molar-refractivity contribution in [3.63, 3.8) is 0 Å². The summed E-state index contributed by atoms with van der Waals surface area (Å²) in [5.41, 5.74) is 0.793. The summed E-state index contributed by atoms with van der Waals surface area (Å²) in [6.45, 7) is 0. The molecule has 8 heteroatoms. The van der Waals surface area contributed by atoms with E-state index in [1.807, 2.05) is 6.07 Å². The fourth-order valence-electron chi connectivity index (χ4n) is 2.35. The van der Waals surface area contributed by atoms with Crippen molar-refractivity contribution in [3.8, 4) is 0 Å². The van der Waals surface area contributed by atoms with Gasteiger partial charge in [0.2, 0.25) is 5.91 Å². The Balaban J connectivity index is 2.02. The Hall–Kier alpha value is -1.69. The molecule has 120 valence electrons. The second-order valence-electron chi connectivity index (χ2n) is 5.53. The molecule has 3 atom stereocenters. The second kappa shape index (κ2) is 6.60. The average molecular weight is 327 g/mol. The van der Waals surface area contributed by atoms with Gasteiger partial charge in [0.25, 0.3) is 0 Å². The van der Waals surface area contributed by atoms with Gasteiger partial charge in [-0.05, 0) is 18.4 Å². The van der Waals surface area contributed by atoms with E-state index in [4.69, 9.17) is 14.9 Å². The summed E-state index contributed by atoms with van der Waals surface area (Å²) in [5.74, 6) is -2.98. The van der Waals surface area contributed by atoms with Crippen LogP contribution in [0.5, 0.6) is 0 Å². The molecule has 1 aromatic carbocycles. The van der Waals surface area contributed by atoms with Crippen molar-refractivity contribution in [2.24, 2.45) is 11.8 Å². The second-order valence-corrected chi connectivity index (χ2v) is 7.22. The van der Waals surface area contributed by atoms with Crippen molar-refractivity contribution >= 4 is 19.5 Å². The minimum atomic E-state index is -4.35. The van der Waals surface area contributed by atoms with Crippen LogP contribution in [-0.4, -0.2) is 39.0 Å². The van der Waals surface area contributed by atoms with E-state index in [0.29, 0.717) is 6.42 Å². The zero-order valence-corrected chi connectivity index (χ0v) is 12.6. The summed E-state index contributed by atoms with van der Waals surface area (Å²) in [6, 6.07) is 8.48. The zero-order valence-electron chi connectivity index (χ0n) is 11.8. The molecule has 0 aromatic heterocycles. The first-order valence-corrected chi connectivity index (χ1v) is 8.67. The molecule has 3 unspecified atom stereocenters. The molecule has 1 amide bonds. The lowest BCUT2D eigenvalue weighted by atomic mass is 10.00. The third-order valence-electron chi connectivity index (χ3n) is 3.59. The number of hydrogen-bond donors (Lipinski definition) is 4. The van der Waals surface area contributed by atoms with Crippen molar-refractivity contribution in [1.29, 1.82) is 0 Å². The lowest BCUT2D eigenvalue weighted by Gasteiger charge is -2.17. The third kappa shape index (κ3) is 4.94. The van der Waals surface area contributed by atoms with Crippen LogP contribution in [0.3, 0.4) is 0 Å². The number of amides is 1. The molecule has 1 aliphatic carbocycles. The van der Waals surface area contributed by atoms with Gasteiger partial charge in [-0.2, -0.15) is 0 Å². The highest BCUT2D eigenvalue weighted by Crippen LogP contribution is 2.38. The largest absolute Gasteiger partial charge is 0.481 e. The van der Waals surface area contributed by atoms with Crippen LogP contribution in [-0.2, 0) is 20.6 Å². The summed E-state index contributed by atoms with van der Waals surface area (Å²) in [5, 5.41) is 11.4. The van der Waals surface area contributed by atoms with Crippen LogP contribution in [0.4, 0.5) is 0 Å². The molecule has 1 fully saturated rings. The molecule has 7 nitrogen and oxygen atoms in total. The molecular formula is C14H18NO6P. The van der Waals surface area contributed by atoms with Crippen molar-refractivity contribution in [1.82, 2.24) is 5.32 Å². The standard InChI is InChI=1S/C14H18NO6P/c16-13(15-12-7-11(12)14(17)18)10(8-22(19,20)21)6-9-4-2-1-3-5-9/h1-5,10-12H,6-8H2,(H,15,16)(H,17,18)(H2,19,20,21). The van der Waals surface area contributed by atoms with E-state index in [9.17, 15) is 14.2 Å². The van der Waals surface area contributed by atoms with Gasteiger partial charge in [0.15, 0.2) is 0 Å². The van der Waals surface area contributed by atoms with Gasteiger partial charge in [-0.15, -0.1) is 0 Å². The Labute approximate surface area is 127 Å². The maximum Gasteiger partial charge on any atom is 0.326 e. The van der Waals surface area contributed by atoms with Gasteiger partial charge in [0, 0.05) is 6.04 Å². The number of nitrogens with one attached hydrogen (secondary N) is 1. The summed E-state index contributed by atoms with van der Waals surface area (Å²) >= 11 is 0. The number of carboxylic acids is 1. The van der Waals surface area contributed by atoms with E-state index in [1.54, 1.807) is 24.3 Å². The third-order valence-corrected chi connectivity index (χ3v) is 4.51. The lowest BCUT2D eigenvalue weighted by Crippen LogP contribution is -2.36. The molecule has 0 spiro atoms. The first-order valence-electron chi connectivity index (χ1n) is 6.88. The molecule has 0 bridgehead atoms. The molecule has 22 heavy (non-hydrogen) atoms. The molecule has 2 rings (SSSR count). The first-order chi connectivity index (χ1) is 10.3. The van der Waals surface area contributed by atoms with Crippen LogP contribution in [0, 0.1) is 11.8 Å². The molecule has 1 saturated carbocycles. The smallest absolute Gasteiger partial charge is 0.326 e. The van der Waals surface area contributed by atoms with Crippen molar-refractivity contribution < 1.29 is 29.0 Å². The van der Waals surface area contributed by atoms with Gasteiger partial charge in [-0.25, -0.2) is 0 Å². The Kier molecular flexibility index (Phi) is 5.01. The number of carbonyl (C=O) groups excluding carboxylic acids is 1. The van der Waals surface area contributed by atoms with Crippen molar-refractivity contribution in [2.45, 2.75) is 18.9 Å². The van der Waals surface area contributed by atoms with E-state index < -0.39 is 43.5 Å².